The molecule has 0 bridgehead atoms. The molecule has 0 saturated heterocycles. The monoisotopic (exact) mass is 292 g/mol. The van der Waals surface area contributed by atoms with Gasteiger partial charge in [-0.25, -0.2) is 8.78 Å². The van der Waals surface area contributed by atoms with Gasteiger partial charge in [0.1, 0.15) is 0 Å². The highest BCUT2D eigenvalue weighted by molar-refractivity contribution is 6.33. The number of nitrogens with zero attached hydrogens (tertiary/aromatic N) is 1. The number of methoxy groups -OCH3 is 1. The van der Waals surface area contributed by atoms with E-state index in [4.69, 9.17) is 16.3 Å². The van der Waals surface area contributed by atoms with Crippen LogP contribution in [-0.2, 0) is 11.3 Å². The number of anilines is 1. The van der Waals surface area contributed by atoms with Crippen molar-refractivity contribution in [3.63, 3.8) is 0 Å². The molecule has 108 valence electrons. The molecule has 0 unspecified atom stereocenters. The lowest BCUT2D eigenvalue weighted by molar-refractivity contribution is 0.156. The van der Waals surface area contributed by atoms with E-state index in [0.29, 0.717) is 23.9 Å². The van der Waals surface area contributed by atoms with Crippen LogP contribution in [0.15, 0.2) is 18.2 Å². The van der Waals surface area contributed by atoms with Crippen molar-refractivity contribution < 1.29 is 13.5 Å². The fraction of sp³-hybridized carbons (Fsp3) is 0.538. The van der Waals surface area contributed by atoms with Gasteiger partial charge in [0.05, 0.1) is 23.9 Å². The highest BCUT2D eigenvalue weighted by Crippen LogP contribution is 2.26. The summed E-state index contributed by atoms with van der Waals surface area (Å²) in [6.45, 7) is 1.73. The molecule has 0 aliphatic rings. The van der Waals surface area contributed by atoms with Crippen molar-refractivity contribution in [1.29, 1.82) is 0 Å². The third-order valence-corrected chi connectivity index (χ3v) is 2.95. The van der Waals surface area contributed by atoms with Crippen LogP contribution in [-0.4, -0.2) is 40.3 Å². The molecule has 0 atom stereocenters. The molecule has 0 aliphatic heterocycles. The summed E-state index contributed by atoms with van der Waals surface area (Å²) in [5.74, 6) is 0. The Balaban J connectivity index is 2.58. The lowest BCUT2D eigenvalue weighted by atomic mass is 10.2. The average molecular weight is 293 g/mol. The predicted molar refractivity (Wildman–Crippen MR) is 74.3 cm³/mol. The van der Waals surface area contributed by atoms with Gasteiger partial charge in [0.2, 0.25) is 0 Å². The van der Waals surface area contributed by atoms with Gasteiger partial charge >= 0.3 is 0 Å². The number of alkyl halides is 2. The molecule has 0 fully saturated rings. The van der Waals surface area contributed by atoms with Gasteiger partial charge in [-0.15, -0.1) is 0 Å². The predicted octanol–water partition coefficient (Wildman–Crippen LogP) is 2.78. The molecule has 6 heteroatoms. The smallest absolute Gasteiger partial charge is 0.255 e. The van der Waals surface area contributed by atoms with E-state index in [1.54, 1.807) is 26.3 Å². The molecule has 0 aromatic heterocycles. The number of hydrogen-bond donors (Lipinski definition) is 1. The minimum absolute atomic E-state index is 0.328. The van der Waals surface area contributed by atoms with E-state index >= 15 is 0 Å². The van der Waals surface area contributed by atoms with E-state index < -0.39 is 6.43 Å². The second kappa shape index (κ2) is 8.30. The molecule has 19 heavy (non-hydrogen) atoms. The molecule has 0 heterocycles. The maximum atomic E-state index is 12.3. The number of rotatable bonds is 8. The van der Waals surface area contributed by atoms with Gasteiger partial charge in [-0.1, -0.05) is 17.7 Å². The molecule has 1 aromatic rings. The molecule has 1 aromatic carbocycles. The zero-order valence-corrected chi connectivity index (χ0v) is 11.9. The Morgan fingerprint density at radius 3 is 2.74 bits per heavy atom. The third kappa shape index (κ3) is 5.72. The van der Waals surface area contributed by atoms with E-state index in [0.717, 1.165) is 12.1 Å². The summed E-state index contributed by atoms with van der Waals surface area (Å²) in [5, 5.41) is 3.67. The summed E-state index contributed by atoms with van der Waals surface area (Å²) < 4.78 is 29.6. The maximum Gasteiger partial charge on any atom is 0.255 e. The SMILES string of the molecule is COCCNCc1ccc(N(C)CC(F)F)c(Cl)c1. The van der Waals surface area contributed by atoms with Gasteiger partial charge in [0.25, 0.3) is 6.43 Å². The minimum atomic E-state index is -2.38. The Hall–Kier alpha value is -0.910. The molecular weight excluding hydrogens is 274 g/mol. The van der Waals surface area contributed by atoms with E-state index in [9.17, 15) is 8.78 Å². The molecule has 0 spiro atoms. The summed E-state index contributed by atoms with van der Waals surface area (Å²) in [5.41, 5.74) is 1.62. The summed E-state index contributed by atoms with van der Waals surface area (Å²) in [6.07, 6.45) is -2.38. The molecule has 0 radical (unpaired) electrons. The number of halogens is 3. The van der Waals surface area contributed by atoms with E-state index in [-0.39, 0.29) is 6.54 Å². The Labute approximate surface area is 117 Å². The van der Waals surface area contributed by atoms with Crippen molar-refractivity contribution in [2.24, 2.45) is 0 Å². The largest absolute Gasteiger partial charge is 0.383 e. The van der Waals surface area contributed by atoms with Gasteiger partial charge in [0, 0.05) is 27.2 Å². The molecule has 0 aliphatic carbocycles. The first-order valence-corrected chi connectivity index (χ1v) is 6.39. The first-order valence-electron chi connectivity index (χ1n) is 6.02. The maximum absolute atomic E-state index is 12.3. The lowest BCUT2D eigenvalue weighted by Gasteiger charge is -2.20. The van der Waals surface area contributed by atoms with Crippen LogP contribution in [0.4, 0.5) is 14.5 Å². The van der Waals surface area contributed by atoms with Crippen LogP contribution in [0.25, 0.3) is 0 Å². The van der Waals surface area contributed by atoms with Crippen molar-refractivity contribution in [3.05, 3.63) is 28.8 Å². The van der Waals surface area contributed by atoms with E-state index in [2.05, 4.69) is 5.32 Å². The summed E-state index contributed by atoms with van der Waals surface area (Å²) in [6, 6.07) is 5.43. The van der Waals surface area contributed by atoms with Gasteiger partial charge in [-0.05, 0) is 17.7 Å². The topological polar surface area (TPSA) is 24.5 Å². The Kier molecular flexibility index (Phi) is 7.05. The van der Waals surface area contributed by atoms with E-state index in [1.807, 2.05) is 6.07 Å². The Morgan fingerprint density at radius 1 is 1.42 bits per heavy atom. The summed E-state index contributed by atoms with van der Waals surface area (Å²) in [4.78, 5) is 1.45. The van der Waals surface area contributed by atoms with Crippen molar-refractivity contribution in [3.8, 4) is 0 Å². The zero-order chi connectivity index (χ0) is 14.3. The van der Waals surface area contributed by atoms with Crippen molar-refractivity contribution >= 4 is 17.3 Å². The fourth-order valence-corrected chi connectivity index (χ4v) is 2.03. The average Bonchev–Trinajstić information content (AvgIpc) is 2.33. The van der Waals surface area contributed by atoms with Crippen LogP contribution in [0.1, 0.15) is 5.56 Å². The number of ether oxygens (including phenoxy) is 1. The number of hydrogen-bond acceptors (Lipinski definition) is 3. The molecular formula is C13H19ClF2N2O. The van der Waals surface area contributed by atoms with Crippen LogP contribution in [0, 0.1) is 0 Å². The second-order valence-electron chi connectivity index (χ2n) is 4.23. The van der Waals surface area contributed by atoms with Crippen LogP contribution in [0.5, 0.6) is 0 Å². The van der Waals surface area contributed by atoms with Crippen LogP contribution in [0.2, 0.25) is 5.02 Å². The van der Waals surface area contributed by atoms with Gasteiger partial charge in [-0.3, -0.25) is 0 Å². The molecule has 0 saturated carbocycles. The highest BCUT2D eigenvalue weighted by atomic mass is 35.5. The minimum Gasteiger partial charge on any atom is -0.383 e. The lowest BCUT2D eigenvalue weighted by Crippen LogP contribution is -2.24. The van der Waals surface area contributed by atoms with Crippen molar-refractivity contribution in [2.45, 2.75) is 13.0 Å². The number of benzene rings is 1. The van der Waals surface area contributed by atoms with Gasteiger partial charge in [0.15, 0.2) is 0 Å². The molecule has 0 amide bonds. The first kappa shape index (κ1) is 16.1. The molecule has 1 rings (SSSR count). The van der Waals surface area contributed by atoms with Crippen LogP contribution in [0.3, 0.4) is 0 Å². The third-order valence-electron chi connectivity index (χ3n) is 2.65. The second-order valence-corrected chi connectivity index (χ2v) is 4.63. The first-order chi connectivity index (χ1) is 9.04. The van der Waals surface area contributed by atoms with Gasteiger partial charge in [-0.2, -0.15) is 0 Å². The van der Waals surface area contributed by atoms with Crippen LogP contribution >= 0.6 is 11.6 Å². The van der Waals surface area contributed by atoms with E-state index in [1.165, 1.54) is 4.90 Å². The zero-order valence-electron chi connectivity index (χ0n) is 11.1. The molecule has 1 N–H and O–H groups in total. The van der Waals surface area contributed by atoms with Crippen molar-refractivity contribution in [1.82, 2.24) is 5.32 Å². The summed E-state index contributed by atoms with van der Waals surface area (Å²) in [7, 11) is 3.25. The summed E-state index contributed by atoms with van der Waals surface area (Å²) >= 11 is 6.11. The normalized spacial score (nSPS) is 11.1. The number of nitrogens with one attached hydrogen (secondary N) is 1. The highest BCUT2D eigenvalue weighted by Gasteiger charge is 2.11. The quantitative estimate of drug-likeness (QED) is 0.746. The Bertz CT molecular complexity index is 391. The van der Waals surface area contributed by atoms with Crippen molar-refractivity contribution in [2.75, 3.05) is 38.8 Å². The molecule has 3 nitrogen and oxygen atoms in total. The fourth-order valence-electron chi connectivity index (χ4n) is 1.68. The van der Waals surface area contributed by atoms with Crippen LogP contribution < -0.4 is 10.2 Å². The Morgan fingerprint density at radius 2 is 2.16 bits per heavy atom. The van der Waals surface area contributed by atoms with Gasteiger partial charge < -0.3 is 15.0 Å². The standard InChI is InChI=1S/C13H19ClF2N2O/c1-18(9-13(15)16)12-4-3-10(7-11(12)14)8-17-5-6-19-2/h3-4,7,13,17H,5-6,8-9H2,1-2H3.